The van der Waals surface area contributed by atoms with Crippen LogP contribution < -0.4 is 10.6 Å². The fourth-order valence-electron chi connectivity index (χ4n) is 1.39. The van der Waals surface area contributed by atoms with Gasteiger partial charge in [0.15, 0.2) is 0 Å². The second-order valence-electron chi connectivity index (χ2n) is 4.21. The molecule has 0 aliphatic rings. The van der Waals surface area contributed by atoms with E-state index in [1.165, 1.54) is 13.1 Å². The molecule has 19 heavy (non-hydrogen) atoms. The number of aromatic nitrogens is 2. The molecule has 1 heterocycles. The molecule has 0 bridgehead atoms. The van der Waals surface area contributed by atoms with Gasteiger partial charge >= 0.3 is 6.18 Å². The zero-order chi connectivity index (χ0) is 14.5. The highest BCUT2D eigenvalue weighted by Crippen LogP contribution is 2.28. The van der Waals surface area contributed by atoms with Crippen LogP contribution >= 0.6 is 0 Å². The molecule has 108 valence electrons. The second-order valence-corrected chi connectivity index (χ2v) is 4.21. The van der Waals surface area contributed by atoms with Gasteiger partial charge in [-0.1, -0.05) is 6.92 Å². The minimum atomic E-state index is -4.58. The zero-order valence-corrected chi connectivity index (χ0v) is 10.8. The van der Waals surface area contributed by atoms with E-state index in [2.05, 4.69) is 20.6 Å². The molecule has 0 spiro atoms. The first kappa shape index (κ1) is 15.5. The van der Waals surface area contributed by atoms with Crippen LogP contribution in [-0.2, 0) is 6.18 Å². The first-order chi connectivity index (χ1) is 8.86. The van der Waals surface area contributed by atoms with Crippen LogP contribution in [0.15, 0.2) is 6.07 Å². The van der Waals surface area contributed by atoms with Crippen molar-refractivity contribution in [2.75, 3.05) is 30.8 Å². The van der Waals surface area contributed by atoms with Crippen molar-refractivity contribution in [3.63, 3.8) is 0 Å². The maximum Gasteiger partial charge on any atom is 0.451 e. The monoisotopic (exact) mass is 278 g/mol. The molecule has 5 nitrogen and oxygen atoms in total. The molecule has 0 amide bonds. The van der Waals surface area contributed by atoms with Crippen molar-refractivity contribution in [2.24, 2.45) is 5.92 Å². The van der Waals surface area contributed by atoms with E-state index in [4.69, 9.17) is 5.11 Å². The fourth-order valence-corrected chi connectivity index (χ4v) is 1.39. The van der Waals surface area contributed by atoms with Crippen molar-refractivity contribution in [3.05, 3.63) is 11.9 Å². The standard InChI is InChI=1S/C11H17F3N4O/c1-7(3-4-19)6-16-9-5-8(15-2)17-10(18-9)11(12,13)14/h5,7,19H,3-4,6H2,1-2H3,(H2,15,16,17,18). The third-order valence-electron chi connectivity index (χ3n) is 2.49. The first-order valence-corrected chi connectivity index (χ1v) is 5.85. The lowest BCUT2D eigenvalue weighted by Gasteiger charge is -2.14. The summed E-state index contributed by atoms with van der Waals surface area (Å²) in [5.74, 6) is -0.847. The van der Waals surface area contributed by atoms with Crippen molar-refractivity contribution in [1.82, 2.24) is 9.97 Å². The molecule has 0 aliphatic heterocycles. The van der Waals surface area contributed by atoms with E-state index in [-0.39, 0.29) is 24.2 Å². The average Bonchev–Trinajstić information content (AvgIpc) is 2.35. The number of alkyl halides is 3. The van der Waals surface area contributed by atoms with Gasteiger partial charge in [-0.15, -0.1) is 0 Å². The van der Waals surface area contributed by atoms with E-state index in [0.29, 0.717) is 13.0 Å². The number of aliphatic hydroxyl groups excluding tert-OH is 1. The number of aliphatic hydroxyl groups is 1. The minimum Gasteiger partial charge on any atom is -0.396 e. The topological polar surface area (TPSA) is 70.1 Å². The van der Waals surface area contributed by atoms with Crippen LogP contribution in [0.4, 0.5) is 24.8 Å². The van der Waals surface area contributed by atoms with Crippen molar-refractivity contribution >= 4 is 11.6 Å². The molecule has 1 aromatic heterocycles. The molecule has 1 rings (SSSR count). The Hall–Kier alpha value is -1.57. The average molecular weight is 278 g/mol. The molecule has 1 aromatic rings. The Kier molecular flexibility index (Phi) is 5.34. The third-order valence-corrected chi connectivity index (χ3v) is 2.49. The van der Waals surface area contributed by atoms with Gasteiger partial charge in [-0.05, 0) is 12.3 Å². The van der Waals surface area contributed by atoms with E-state index in [0.717, 1.165) is 0 Å². The number of anilines is 2. The lowest BCUT2D eigenvalue weighted by Crippen LogP contribution is -2.17. The summed E-state index contributed by atoms with van der Waals surface area (Å²) in [4.78, 5) is 6.79. The van der Waals surface area contributed by atoms with Gasteiger partial charge < -0.3 is 15.7 Å². The smallest absolute Gasteiger partial charge is 0.396 e. The van der Waals surface area contributed by atoms with Crippen LogP contribution in [0.2, 0.25) is 0 Å². The Morgan fingerprint density at radius 3 is 2.47 bits per heavy atom. The molecule has 8 heteroatoms. The number of hydrogen-bond donors (Lipinski definition) is 3. The first-order valence-electron chi connectivity index (χ1n) is 5.85. The number of nitrogens with zero attached hydrogens (tertiary/aromatic N) is 2. The van der Waals surface area contributed by atoms with Crippen molar-refractivity contribution in [1.29, 1.82) is 0 Å². The Morgan fingerprint density at radius 2 is 1.95 bits per heavy atom. The predicted octanol–water partition coefficient (Wildman–Crippen LogP) is 1.97. The van der Waals surface area contributed by atoms with E-state index in [1.807, 2.05) is 6.92 Å². The highest BCUT2D eigenvalue weighted by Gasteiger charge is 2.35. The lowest BCUT2D eigenvalue weighted by atomic mass is 10.1. The van der Waals surface area contributed by atoms with Gasteiger partial charge in [0.25, 0.3) is 0 Å². The number of nitrogens with one attached hydrogen (secondary N) is 2. The summed E-state index contributed by atoms with van der Waals surface area (Å²) in [6, 6.07) is 1.40. The van der Waals surface area contributed by atoms with E-state index in [1.54, 1.807) is 0 Å². The largest absolute Gasteiger partial charge is 0.451 e. The van der Waals surface area contributed by atoms with Crippen LogP contribution in [-0.4, -0.2) is 35.3 Å². The number of halogens is 3. The predicted molar refractivity (Wildman–Crippen MR) is 65.9 cm³/mol. The Morgan fingerprint density at radius 1 is 1.32 bits per heavy atom. The van der Waals surface area contributed by atoms with Gasteiger partial charge in [-0.2, -0.15) is 13.2 Å². The lowest BCUT2D eigenvalue weighted by molar-refractivity contribution is -0.144. The van der Waals surface area contributed by atoms with Gasteiger partial charge in [-0.3, -0.25) is 0 Å². The van der Waals surface area contributed by atoms with Crippen LogP contribution in [0.25, 0.3) is 0 Å². The summed E-state index contributed by atoms with van der Waals surface area (Å²) in [5, 5.41) is 14.1. The molecular formula is C11H17F3N4O. The van der Waals surface area contributed by atoms with Crippen LogP contribution in [0, 0.1) is 5.92 Å². The number of hydrogen-bond acceptors (Lipinski definition) is 5. The fraction of sp³-hybridized carbons (Fsp3) is 0.636. The van der Waals surface area contributed by atoms with Crippen molar-refractivity contribution in [3.8, 4) is 0 Å². The molecule has 0 aliphatic carbocycles. The molecular weight excluding hydrogens is 261 g/mol. The van der Waals surface area contributed by atoms with Gasteiger partial charge in [-0.25, -0.2) is 9.97 Å². The minimum absolute atomic E-state index is 0.0438. The summed E-state index contributed by atoms with van der Waals surface area (Å²) in [5.41, 5.74) is 0. The Balaban J connectivity index is 2.83. The molecule has 1 unspecified atom stereocenters. The maximum absolute atomic E-state index is 12.6. The summed E-state index contributed by atoms with van der Waals surface area (Å²) >= 11 is 0. The van der Waals surface area contributed by atoms with Crippen molar-refractivity contribution < 1.29 is 18.3 Å². The normalized spacial score (nSPS) is 13.2. The van der Waals surface area contributed by atoms with E-state index >= 15 is 0 Å². The third kappa shape index (κ3) is 4.90. The summed E-state index contributed by atoms with van der Waals surface area (Å²) < 4.78 is 37.8. The summed E-state index contributed by atoms with van der Waals surface area (Å²) in [6.45, 7) is 2.36. The van der Waals surface area contributed by atoms with E-state index < -0.39 is 12.0 Å². The van der Waals surface area contributed by atoms with Crippen LogP contribution in [0.1, 0.15) is 19.2 Å². The molecule has 0 radical (unpaired) electrons. The highest BCUT2D eigenvalue weighted by atomic mass is 19.4. The Bertz CT molecular complexity index is 411. The molecule has 0 saturated carbocycles. The second kappa shape index (κ2) is 6.55. The highest BCUT2D eigenvalue weighted by molar-refractivity contribution is 5.47. The van der Waals surface area contributed by atoms with Gasteiger partial charge in [0.05, 0.1) is 0 Å². The van der Waals surface area contributed by atoms with Crippen LogP contribution in [0.3, 0.4) is 0 Å². The Labute approximate surface area is 109 Å². The zero-order valence-electron chi connectivity index (χ0n) is 10.8. The quantitative estimate of drug-likeness (QED) is 0.742. The molecule has 0 aromatic carbocycles. The summed E-state index contributed by atoms with van der Waals surface area (Å²) in [6.07, 6.45) is -4.01. The van der Waals surface area contributed by atoms with E-state index in [9.17, 15) is 13.2 Å². The SMILES string of the molecule is CNc1cc(NCC(C)CCO)nc(C(F)(F)F)n1. The molecule has 1 atom stereocenters. The van der Waals surface area contributed by atoms with Crippen molar-refractivity contribution in [2.45, 2.75) is 19.5 Å². The number of rotatable bonds is 6. The summed E-state index contributed by atoms with van der Waals surface area (Å²) in [7, 11) is 1.49. The molecule has 3 N–H and O–H groups in total. The molecule has 0 fully saturated rings. The van der Waals surface area contributed by atoms with Gasteiger partial charge in [0.1, 0.15) is 11.6 Å². The molecule has 0 saturated heterocycles. The van der Waals surface area contributed by atoms with Gasteiger partial charge in [0.2, 0.25) is 5.82 Å². The maximum atomic E-state index is 12.6. The van der Waals surface area contributed by atoms with Crippen LogP contribution in [0.5, 0.6) is 0 Å². The van der Waals surface area contributed by atoms with Gasteiger partial charge in [0, 0.05) is 26.3 Å².